The van der Waals surface area contributed by atoms with Crippen molar-refractivity contribution < 1.29 is 24.0 Å². The second kappa shape index (κ2) is 5.62. The summed E-state index contributed by atoms with van der Waals surface area (Å²) in [5.41, 5.74) is 0.699. The minimum Gasteiger partial charge on any atom is -0.479 e. The van der Waals surface area contributed by atoms with Crippen molar-refractivity contribution in [1.82, 2.24) is 10.1 Å². The average molecular weight is 282 g/mol. The molecule has 0 radical (unpaired) electrons. The fourth-order valence-electron chi connectivity index (χ4n) is 2.07. The highest BCUT2D eigenvalue weighted by Crippen LogP contribution is 2.18. The van der Waals surface area contributed by atoms with Crippen LogP contribution in [0.2, 0.25) is 0 Å². The lowest BCUT2D eigenvalue weighted by molar-refractivity contribution is -0.160. The summed E-state index contributed by atoms with van der Waals surface area (Å²) in [6.45, 7) is 5.97. The fraction of sp³-hybridized carbons (Fsp3) is 0.615. The van der Waals surface area contributed by atoms with Crippen molar-refractivity contribution in [2.24, 2.45) is 0 Å². The number of hydrogen-bond donors (Lipinski definition) is 1. The number of carbonyl (C=O) groups excluding carboxylic acids is 1. The van der Waals surface area contributed by atoms with E-state index < -0.39 is 12.1 Å². The van der Waals surface area contributed by atoms with Crippen molar-refractivity contribution >= 4 is 11.9 Å². The zero-order valence-corrected chi connectivity index (χ0v) is 11.7. The van der Waals surface area contributed by atoms with E-state index in [0.717, 1.165) is 0 Å². The molecular formula is C13H18N2O5. The number of hydrogen-bond acceptors (Lipinski definition) is 5. The Kier molecular flexibility index (Phi) is 4.08. The Morgan fingerprint density at radius 2 is 2.15 bits per heavy atom. The summed E-state index contributed by atoms with van der Waals surface area (Å²) in [6, 6.07) is 1.60. The van der Waals surface area contributed by atoms with Gasteiger partial charge in [0.25, 0.3) is 5.91 Å². The smallest absolute Gasteiger partial charge is 0.334 e. The summed E-state index contributed by atoms with van der Waals surface area (Å²) in [7, 11) is 0. The Labute approximate surface area is 116 Å². The Hall–Kier alpha value is -1.89. The van der Waals surface area contributed by atoms with Gasteiger partial charge in [-0.05, 0) is 12.8 Å². The highest BCUT2D eigenvalue weighted by molar-refractivity contribution is 5.92. The van der Waals surface area contributed by atoms with Gasteiger partial charge < -0.3 is 19.3 Å². The number of aromatic nitrogens is 1. The Balaban J connectivity index is 2.12. The van der Waals surface area contributed by atoms with Crippen molar-refractivity contribution in [2.45, 2.75) is 38.9 Å². The van der Waals surface area contributed by atoms with Crippen LogP contribution in [0.5, 0.6) is 0 Å². The lowest BCUT2D eigenvalue weighted by Crippen LogP contribution is -2.51. The van der Waals surface area contributed by atoms with Gasteiger partial charge in [0.05, 0.1) is 18.3 Å². The zero-order valence-electron chi connectivity index (χ0n) is 11.7. The van der Waals surface area contributed by atoms with E-state index >= 15 is 0 Å². The third kappa shape index (κ3) is 2.98. The molecule has 1 fully saturated rings. The number of carboxylic acids is 1. The summed E-state index contributed by atoms with van der Waals surface area (Å²) >= 11 is 0. The highest BCUT2D eigenvalue weighted by atomic mass is 16.5. The average Bonchev–Trinajstić information content (AvgIpc) is 2.86. The van der Waals surface area contributed by atoms with Gasteiger partial charge in [0.15, 0.2) is 6.10 Å². The Bertz CT molecular complexity index is 511. The zero-order chi connectivity index (χ0) is 14.9. The summed E-state index contributed by atoms with van der Waals surface area (Å²) in [5.74, 6) is -1.14. The topological polar surface area (TPSA) is 92.9 Å². The molecule has 1 unspecified atom stereocenters. The first kappa shape index (κ1) is 14.5. The van der Waals surface area contributed by atoms with Crippen LogP contribution in [0, 0.1) is 0 Å². The normalized spacial score (nSPS) is 23.1. The predicted molar refractivity (Wildman–Crippen MR) is 68.5 cm³/mol. The maximum atomic E-state index is 12.3. The van der Waals surface area contributed by atoms with Crippen molar-refractivity contribution in [3.05, 3.63) is 17.5 Å². The monoisotopic (exact) mass is 282 g/mol. The predicted octanol–water partition coefficient (Wildman–Crippen LogP) is 1.11. The first-order valence-electron chi connectivity index (χ1n) is 6.52. The van der Waals surface area contributed by atoms with Gasteiger partial charge in [0, 0.05) is 12.6 Å². The first-order chi connectivity index (χ1) is 9.38. The van der Waals surface area contributed by atoms with E-state index in [-0.39, 0.29) is 30.2 Å². The van der Waals surface area contributed by atoms with Crippen LogP contribution >= 0.6 is 0 Å². The van der Waals surface area contributed by atoms with E-state index in [4.69, 9.17) is 14.4 Å². The summed E-state index contributed by atoms with van der Waals surface area (Å²) in [6.07, 6.45) is -1.34. The number of amides is 1. The molecule has 0 saturated carbocycles. The van der Waals surface area contributed by atoms with Crippen molar-refractivity contribution in [3.63, 3.8) is 0 Å². The second-order valence-electron chi connectivity index (χ2n) is 5.25. The lowest BCUT2D eigenvalue weighted by atomic mass is 10.1. The van der Waals surface area contributed by atoms with Gasteiger partial charge in [0.1, 0.15) is 0 Å². The molecule has 1 N–H and O–H groups in total. The first-order valence-corrected chi connectivity index (χ1v) is 6.52. The van der Waals surface area contributed by atoms with Gasteiger partial charge >= 0.3 is 5.97 Å². The molecule has 0 aromatic carbocycles. The molecule has 1 aromatic rings. The van der Waals surface area contributed by atoms with Crippen LogP contribution in [0.15, 0.2) is 10.6 Å². The maximum Gasteiger partial charge on any atom is 0.334 e. The minimum atomic E-state index is -1.07. The number of carboxylic acid groups (broad SMARTS) is 1. The standard InChI is InChI=1S/C13H18N2O5/c1-7(2)9-4-10(20-14-9)12(16)15-5-8(3)19-11(6-15)13(17)18/h4,7-8,11H,5-6H2,1-3H3,(H,17,18)/t8-,11?/m1/s1. The molecule has 1 amide bonds. The number of rotatable bonds is 3. The molecule has 1 aromatic heterocycles. The van der Waals surface area contributed by atoms with E-state index in [1.807, 2.05) is 13.8 Å². The number of aliphatic carboxylic acids is 1. The fourth-order valence-corrected chi connectivity index (χ4v) is 2.07. The van der Waals surface area contributed by atoms with Crippen molar-refractivity contribution in [3.8, 4) is 0 Å². The molecule has 0 bridgehead atoms. The highest BCUT2D eigenvalue weighted by Gasteiger charge is 2.34. The summed E-state index contributed by atoms with van der Waals surface area (Å²) in [4.78, 5) is 24.7. The van der Waals surface area contributed by atoms with Crippen LogP contribution in [-0.4, -0.2) is 52.3 Å². The second-order valence-corrected chi connectivity index (χ2v) is 5.25. The third-order valence-corrected chi connectivity index (χ3v) is 3.15. The molecule has 0 spiro atoms. The molecular weight excluding hydrogens is 264 g/mol. The van der Waals surface area contributed by atoms with Crippen LogP contribution in [-0.2, 0) is 9.53 Å². The van der Waals surface area contributed by atoms with E-state index in [1.54, 1.807) is 13.0 Å². The molecule has 20 heavy (non-hydrogen) atoms. The molecule has 7 nitrogen and oxygen atoms in total. The molecule has 1 saturated heterocycles. The number of nitrogens with zero attached hydrogens (tertiary/aromatic N) is 2. The Morgan fingerprint density at radius 1 is 1.45 bits per heavy atom. The molecule has 110 valence electrons. The molecule has 1 aliphatic rings. The van der Waals surface area contributed by atoms with E-state index in [9.17, 15) is 9.59 Å². The van der Waals surface area contributed by atoms with Crippen molar-refractivity contribution in [2.75, 3.05) is 13.1 Å². The third-order valence-electron chi connectivity index (χ3n) is 3.15. The maximum absolute atomic E-state index is 12.3. The van der Waals surface area contributed by atoms with Gasteiger partial charge in [0.2, 0.25) is 5.76 Å². The van der Waals surface area contributed by atoms with E-state index in [1.165, 1.54) is 4.90 Å². The SMILES string of the molecule is CC(C)c1cc(C(=O)N2CC(C(=O)O)O[C@H](C)C2)on1. The minimum absolute atomic E-state index is 0.0101. The molecule has 2 rings (SSSR count). The number of morpholine rings is 1. The summed E-state index contributed by atoms with van der Waals surface area (Å²) < 4.78 is 10.3. The molecule has 2 heterocycles. The lowest BCUT2D eigenvalue weighted by Gasteiger charge is -2.34. The van der Waals surface area contributed by atoms with E-state index in [0.29, 0.717) is 12.2 Å². The van der Waals surface area contributed by atoms with Gasteiger partial charge in [-0.1, -0.05) is 19.0 Å². The molecule has 0 aliphatic carbocycles. The quantitative estimate of drug-likeness (QED) is 0.892. The van der Waals surface area contributed by atoms with Gasteiger partial charge in [-0.3, -0.25) is 4.79 Å². The largest absolute Gasteiger partial charge is 0.479 e. The van der Waals surface area contributed by atoms with Crippen LogP contribution in [0.25, 0.3) is 0 Å². The molecule has 1 aliphatic heterocycles. The van der Waals surface area contributed by atoms with Crippen LogP contribution < -0.4 is 0 Å². The van der Waals surface area contributed by atoms with Crippen LogP contribution in [0.3, 0.4) is 0 Å². The van der Waals surface area contributed by atoms with Gasteiger partial charge in [-0.25, -0.2) is 4.79 Å². The van der Waals surface area contributed by atoms with E-state index in [2.05, 4.69) is 5.16 Å². The van der Waals surface area contributed by atoms with Gasteiger partial charge in [-0.15, -0.1) is 0 Å². The molecule has 2 atom stereocenters. The number of ether oxygens (including phenoxy) is 1. The van der Waals surface area contributed by atoms with Crippen molar-refractivity contribution in [1.29, 1.82) is 0 Å². The summed E-state index contributed by atoms with van der Waals surface area (Å²) in [5, 5.41) is 12.8. The van der Waals surface area contributed by atoms with Gasteiger partial charge in [-0.2, -0.15) is 0 Å². The number of carbonyl (C=O) groups is 2. The molecule has 7 heteroatoms. The van der Waals surface area contributed by atoms with Crippen LogP contribution in [0.4, 0.5) is 0 Å². The van der Waals surface area contributed by atoms with Crippen LogP contribution in [0.1, 0.15) is 42.9 Å². The Morgan fingerprint density at radius 3 is 2.70 bits per heavy atom.